The van der Waals surface area contributed by atoms with Gasteiger partial charge in [-0.1, -0.05) is 42.5 Å². The minimum atomic E-state index is -3.70. The minimum absolute atomic E-state index is 0.0455. The van der Waals surface area contributed by atoms with Crippen LogP contribution in [0.5, 0.6) is 0 Å². The second-order valence-corrected chi connectivity index (χ2v) is 8.29. The van der Waals surface area contributed by atoms with Crippen LogP contribution in [0.1, 0.15) is 26.7 Å². The van der Waals surface area contributed by atoms with Crippen LogP contribution < -0.4 is 5.32 Å². The van der Waals surface area contributed by atoms with Crippen molar-refractivity contribution in [2.75, 3.05) is 6.54 Å². The first-order valence-corrected chi connectivity index (χ1v) is 10.1. The summed E-state index contributed by atoms with van der Waals surface area (Å²) in [5.74, 6) is -0.301. The van der Waals surface area contributed by atoms with Crippen molar-refractivity contribution in [2.24, 2.45) is 0 Å². The smallest absolute Gasteiger partial charge is 0.251 e. The van der Waals surface area contributed by atoms with Gasteiger partial charge < -0.3 is 5.32 Å². The summed E-state index contributed by atoms with van der Waals surface area (Å²) in [4.78, 5) is 16.8. The number of sulfone groups is 1. The zero-order valence-corrected chi connectivity index (χ0v) is 15.7. The molecule has 3 rings (SSSR count). The molecule has 0 aliphatic heterocycles. The summed E-state index contributed by atoms with van der Waals surface area (Å²) in [6.07, 6.45) is 3.10. The second kappa shape index (κ2) is 8.14. The van der Waals surface area contributed by atoms with Crippen molar-refractivity contribution in [3.63, 3.8) is 0 Å². The van der Waals surface area contributed by atoms with E-state index in [-0.39, 0.29) is 17.3 Å². The number of nitrogens with zero attached hydrogens (tertiary/aromatic N) is 1. The lowest BCUT2D eigenvalue weighted by atomic mass is 10.1. The Morgan fingerprint density at radius 2 is 1.70 bits per heavy atom. The summed E-state index contributed by atoms with van der Waals surface area (Å²) >= 11 is 0. The molecule has 138 valence electrons. The van der Waals surface area contributed by atoms with Gasteiger partial charge in [0.25, 0.3) is 5.91 Å². The molecule has 1 atom stereocenters. The molecule has 2 aromatic carbocycles. The molecule has 1 heterocycles. The van der Waals surface area contributed by atoms with Gasteiger partial charge >= 0.3 is 0 Å². The number of carbonyl (C=O) groups is 1. The number of rotatable bonds is 6. The number of pyridine rings is 1. The SMILES string of the molecule is Cc1ccccc1C(=O)NC[C@H](c1cccnc1)S(=O)(=O)c1ccccc1. The molecule has 0 aliphatic carbocycles. The van der Waals surface area contributed by atoms with Crippen molar-refractivity contribution in [1.82, 2.24) is 10.3 Å². The van der Waals surface area contributed by atoms with E-state index in [0.717, 1.165) is 5.56 Å². The third kappa shape index (κ3) is 4.23. The fourth-order valence-electron chi connectivity index (χ4n) is 2.86. The molecule has 3 aromatic rings. The van der Waals surface area contributed by atoms with Crippen LogP contribution >= 0.6 is 0 Å². The maximum Gasteiger partial charge on any atom is 0.251 e. The minimum Gasteiger partial charge on any atom is -0.350 e. The van der Waals surface area contributed by atoms with Crippen molar-refractivity contribution in [2.45, 2.75) is 17.1 Å². The molecule has 27 heavy (non-hydrogen) atoms. The third-order valence-electron chi connectivity index (χ3n) is 4.34. The van der Waals surface area contributed by atoms with Crippen molar-refractivity contribution >= 4 is 15.7 Å². The fourth-order valence-corrected chi connectivity index (χ4v) is 4.52. The zero-order chi connectivity index (χ0) is 19.3. The molecule has 0 fully saturated rings. The molecule has 0 spiro atoms. The molecule has 0 radical (unpaired) electrons. The summed E-state index contributed by atoms with van der Waals surface area (Å²) in [5.41, 5.74) is 1.89. The molecule has 5 nitrogen and oxygen atoms in total. The Hall–Kier alpha value is -2.99. The predicted octanol–water partition coefficient (Wildman–Crippen LogP) is 3.34. The van der Waals surface area contributed by atoms with E-state index >= 15 is 0 Å². The lowest BCUT2D eigenvalue weighted by Crippen LogP contribution is -2.32. The van der Waals surface area contributed by atoms with Crippen molar-refractivity contribution < 1.29 is 13.2 Å². The molecule has 0 unspecified atom stereocenters. The Labute approximate surface area is 159 Å². The summed E-state index contributed by atoms with van der Waals surface area (Å²) in [5, 5.41) is 1.84. The van der Waals surface area contributed by atoms with Gasteiger partial charge in [-0.15, -0.1) is 0 Å². The van der Waals surface area contributed by atoms with Crippen LogP contribution in [-0.4, -0.2) is 25.9 Å². The summed E-state index contributed by atoms with van der Waals surface area (Å²) in [7, 11) is -3.70. The lowest BCUT2D eigenvalue weighted by molar-refractivity contribution is 0.0953. The maximum atomic E-state index is 13.2. The van der Waals surface area contributed by atoms with Crippen LogP contribution in [0.2, 0.25) is 0 Å². The first-order valence-electron chi connectivity index (χ1n) is 8.53. The molecule has 6 heteroatoms. The van der Waals surface area contributed by atoms with Crippen LogP contribution in [0.15, 0.2) is 84.0 Å². The third-order valence-corrected chi connectivity index (χ3v) is 6.46. The molecule has 1 aromatic heterocycles. The van der Waals surface area contributed by atoms with E-state index < -0.39 is 15.1 Å². The van der Waals surface area contributed by atoms with Gasteiger partial charge in [0.2, 0.25) is 0 Å². The Morgan fingerprint density at radius 1 is 1.00 bits per heavy atom. The Bertz CT molecular complexity index is 1020. The monoisotopic (exact) mass is 380 g/mol. The van der Waals surface area contributed by atoms with E-state index in [1.165, 1.54) is 6.20 Å². The molecule has 0 aliphatic rings. The molecular formula is C21H20N2O3S. The first-order chi connectivity index (χ1) is 13.0. The molecule has 0 bridgehead atoms. The Balaban J connectivity index is 1.90. The second-order valence-electron chi connectivity index (χ2n) is 6.16. The Morgan fingerprint density at radius 3 is 2.37 bits per heavy atom. The van der Waals surface area contributed by atoms with Crippen LogP contribution in [-0.2, 0) is 9.84 Å². The van der Waals surface area contributed by atoms with Crippen LogP contribution in [0, 0.1) is 6.92 Å². The van der Waals surface area contributed by atoms with Crippen molar-refractivity contribution in [1.29, 1.82) is 0 Å². The van der Waals surface area contributed by atoms with Gasteiger partial charge in [-0.3, -0.25) is 9.78 Å². The first kappa shape index (κ1) is 18.8. The molecule has 1 amide bonds. The van der Waals surface area contributed by atoms with Gasteiger partial charge in [0.05, 0.1) is 4.90 Å². The molecule has 0 saturated heterocycles. The number of nitrogens with one attached hydrogen (secondary N) is 1. The van der Waals surface area contributed by atoms with E-state index in [9.17, 15) is 13.2 Å². The quantitative estimate of drug-likeness (QED) is 0.712. The van der Waals surface area contributed by atoms with Crippen LogP contribution in [0.3, 0.4) is 0 Å². The number of aromatic nitrogens is 1. The molecular weight excluding hydrogens is 360 g/mol. The summed E-state index contributed by atoms with van der Waals surface area (Å²) in [6.45, 7) is 1.80. The molecule has 0 saturated carbocycles. The average molecular weight is 380 g/mol. The lowest BCUT2D eigenvalue weighted by Gasteiger charge is -2.19. The normalized spacial score (nSPS) is 12.3. The fraction of sp³-hybridized carbons (Fsp3) is 0.143. The topological polar surface area (TPSA) is 76.1 Å². The molecule has 1 N–H and O–H groups in total. The van der Waals surface area contributed by atoms with Gasteiger partial charge in [-0.2, -0.15) is 0 Å². The van der Waals surface area contributed by atoms with Crippen LogP contribution in [0.25, 0.3) is 0 Å². The van der Waals surface area contributed by atoms with E-state index in [1.807, 2.05) is 19.1 Å². The van der Waals surface area contributed by atoms with E-state index in [0.29, 0.717) is 11.1 Å². The standard InChI is InChI=1S/C21H20N2O3S/c1-16-8-5-6-12-19(16)21(24)23-15-20(17-9-7-13-22-14-17)27(25,26)18-10-3-2-4-11-18/h2-14,20H,15H2,1H3,(H,23,24)/t20-/m1/s1. The van der Waals surface area contributed by atoms with Crippen molar-refractivity contribution in [3.05, 3.63) is 95.8 Å². The highest BCUT2D eigenvalue weighted by Gasteiger charge is 2.29. The maximum absolute atomic E-state index is 13.2. The summed E-state index contributed by atoms with van der Waals surface area (Å²) in [6, 6.07) is 18.8. The van der Waals surface area contributed by atoms with Gasteiger partial charge in [-0.05, 0) is 42.3 Å². The van der Waals surface area contributed by atoms with E-state index in [1.54, 1.807) is 60.8 Å². The largest absolute Gasteiger partial charge is 0.350 e. The van der Waals surface area contributed by atoms with E-state index in [4.69, 9.17) is 0 Å². The number of hydrogen-bond donors (Lipinski definition) is 1. The zero-order valence-electron chi connectivity index (χ0n) is 14.9. The van der Waals surface area contributed by atoms with Gasteiger partial charge in [0.1, 0.15) is 5.25 Å². The van der Waals surface area contributed by atoms with Gasteiger partial charge in [-0.25, -0.2) is 8.42 Å². The number of benzene rings is 2. The highest BCUT2D eigenvalue weighted by atomic mass is 32.2. The Kier molecular flexibility index (Phi) is 5.66. The number of amides is 1. The number of hydrogen-bond acceptors (Lipinski definition) is 4. The van der Waals surface area contributed by atoms with Gasteiger partial charge in [0.15, 0.2) is 9.84 Å². The highest BCUT2D eigenvalue weighted by Crippen LogP contribution is 2.28. The van der Waals surface area contributed by atoms with Crippen molar-refractivity contribution in [3.8, 4) is 0 Å². The average Bonchev–Trinajstić information content (AvgIpc) is 2.69. The number of aryl methyl sites for hydroxylation is 1. The van der Waals surface area contributed by atoms with Gasteiger partial charge in [0, 0.05) is 24.5 Å². The summed E-state index contributed by atoms with van der Waals surface area (Å²) < 4.78 is 26.3. The van der Waals surface area contributed by atoms with Crippen LogP contribution in [0.4, 0.5) is 0 Å². The van der Waals surface area contributed by atoms with E-state index in [2.05, 4.69) is 10.3 Å². The number of carbonyl (C=O) groups excluding carboxylic acids is 1. The predicted molar refractivity (Wildman–Crippen MR) is 104 cm³/mol. The highest BCUT2D eigenvalue weighted by molar-refractivity contribution is 7.91.